The van der Waals surface area contributed by atoms with Crippen LogP contribution in [0.3, 0.4) is 0 Å². The molecule has 80 valence electrons. The van der Waals surface area contributed by atoms with Crippen molar-refractivity contribution >= 4 is 11.3 Å². The molecule has 2 heterocycles. The molecule has 15 heavy (non-hydrogen) atoms. The highest BCUT2D eigenvalue weighted by atomic mass is 32.1. The molecule has 0 amide bonds. The lowest BCUT2D eigenvalue weighted by molar-refractivity contribution is 0.620. The van der Waals surface area contributed by atoms with E-state index in [4.69, 9.17) is 5.73 Å². The van der Waals surface area contributed by atoms with Gasteiger partial charge in [0, 0.05) is 18.8 Å². The van der Waals surface area contributed by atoms with Crippen molar-refractivity contribution < 1.29 is 0 Å². The number of nitrogens with zero attached hydrogens (tertiary/aromatic N) is 4. The van der Waals surface area contributed by atoms with Crippen molar-refractivity contribution in [2.24, 2.45) is 12.8 Å². The third kappa shape index (κ3) is 2.21. The summed E-state index contributed by atoms with van der Waals surface area (Å²) in [4.78, 5) is 8.49. The molecule has 0 saturated heterocycles. The summed E-state index contributed by atoms with van der Waals surface area (Å²) in [5.74, 6) is 0.883. The van der Waals surface area contributed by atoms with Crippen molar-refractivity contribution in [2.75, 3.05) is 0 Å². The molecule has 0 spiro atoms. The van der Waals surface area contributed by atoms with Gasteiger partial charge in [0.25, 0.3) is 0 Å². The van der Waals surface area contributed by atoms with E-state index in [1.807, 2.05) is 19.4 Å². The molecule has 0 saturated carbocycles. The Kier molecular flexibility index (Phi) is 2.79. The van der Waals surface area contributed by atoms with E-state index in [1.165, 1.54) is 6.33 Å². The minimum atomic E-state index is -0.0992. The fourth-order valence-electron chi connectivity index (χ4n) is 1.36. The maximum atomic E-state index is 6.03. The van der Waals surface area contributed by atoms with Gasteiger partial charge in [-0.1, -0.05) is 0 Å². The summed E-state index contributed by atoms with van der Waals surface area (Å²) >= 11 is 1.62. The largest absolute Gasteiger partial charge is 0.322 e. The summed E-state index contributed by atoms with van der Waals surface area (Å²) < 4.78 is 1.74. The smallest absolute Gasteiger partial charge is 0.138 e. The van der Waals surface area contributed by atoms with Crippen molar-refractivity contribution in [1.29, 1.82) is 0 Å². The Hall–Kier alpha value is -1.27. The molecule has 2 aromatic rings. The van der Waals surface area contributed by atoms with Crippen LogP contribution in [0.2, 0.25) is 0 Å². The van der Waals surface area contributed by atoms with Crippen LogP contribution in [0.25, 0.3) is 0 Å². The Labute approximate surface area is 92.0 Å². The zero-order valence-electron chi connectivity index (χ0n) is 8.71. The summed E-state index contributed by atoms with van der Waals surface area (Å²) in [7, 11) is 1.86. The van der Waals surface area contributed by atoms with E-state index in [-0.39, 0.29) is 6.04 Å². The molecule has 0 aliphatic heterocycles. The number of aromatic nitrogens is 4. The molecule has 0 aliphatic rings. The van der Waals surface area contributed by atoms with E-state index in [0.29, 0.717) is 6.42 Å². The van der Waals surface area contributed by atoms with E-state index in [9.17, 15) is 0 Å². The van der Waals surface area contributed by atoms with Crippen molar-refractivity contribution in [1.82, 2.24) is 19.7 Å². The molecular weight excluding hydrogens is 210 g/mol. The van der Waals surface area contributed by atoms with Crippen LogP contribution < -0.4 is 5.73 Å². The van der Waals surface area contributed by atoms with E-state index >= 15 is 0 Å². The predicted octanol–water partition coefficient (Wildman–Crippen LogP) is 0.823. The fraction of sp³-hybridized carbons (Fsp3) is 0.444. The monoisotopic (exact) mass is 223 g/mol. The molecule has 0 fully saturated rings. The van der Waals surface area contributed by atoms with Gasteiger partial charge in [0.1, 0.15) is 12.2 Å². The second-order valence-electron chi connectivity index (χ2n) is 3.40. The highest BCUT2D eigenvalue weighted by Crippen LogP contribution is 2.16. The summed E-state index contributed by atoms with van der Waals surface area (Å²) in [6, 6.07) is -0.0992. The van der Waals surface area contributed by atoms with Crippen LogP contribution in [0.4, 0.5) is 0 Å². The minimum absolute atomic E-state index is 0.0992. The van der Waals surface area contributed by atoms with Crippen LogP contribution >= 0.6 is 11.3 Å². The molecule has 2 aromatic heterocycles. The van der Waals surface area contributed by atoms with Gasteiger partial charge in [-0.25, -0.2) is 9.97 Å². The highest BCUT2D eigenvalue weighted by Gasteiger charge is 2.12. The Morgan fingerprint density at radius 2 is 2.40 bits per heavy atom. The maximum Gasteiger partial charge on any atom is 0.138 e. The lowest BCUT2D eigenvalue weighted by Crippen LogP contribution is -2.16. The van der Waals surface area contributed by atoms with Gasteiger partial charge < -0.3 is 5.73 Å². The van der Waals surface area contributed by atoms with Crippen LogP contribution in [0, 0.1) is 6.92 Å². The first-order chi connectivity index (χ1) is 7.16. The van der Waals surface area contributed by atoms with E-state index in [2.05, 4.69) is 15.1 Å². The first kappa shape index (κ1) is 10.3. The van der Waals surface area contributed by atoms with Crippen molar-refractivity contribution in [2.45, 2.75) is 19.4 Å². The number of hydrogen-bond acceptors (Lipinski definition) is 5. The lowest BCUT2D eigenvalue weighted by Gasteiger charge is -2.07. The van der Waals surface area contributed by atoms with Crippen molar-refractivity contribution in [3.8, 4) is 0 Å². The quantitative estimate of drug-likeness (QED) is 0.836. The summed E-state index contributed by atoms with van der Waals surface area (Å²) in [5, 5.41) is 7.04. The zero-order chi connectivity index (χ0) is 10.8. The second-order valence-corrected chi connectivity index (χ2v) is 4.46. The Bertz CT molecular complexity index is 447. The standard InChI is InChI=1S/C9H13N5S/c1-6-13-8(4-15-6)7(10)3-9-11-5-12-14(9)2/h4-5,7H,3,10H2,1-2H3. The predicted molar refractivity (Wildman–Crippen MR) is 58.5 cm³/mol. The van der Waals surface area contributed by atoms with Crippen LogP contribution in [-0.4, -0.2) is 19.7 Å². The molecule has 6 heteroatoms. The Balaban J connectivity index is 2.10. The van der Waals surface area contributed by atoms with E-state index in [0.717, 1.165) is 16.5 Å². The SMILES string of the molecule is Cc1nc(C(N)Cc2ncnn2C)cs1. The number of nitrogens with two attached hydrogens (primary N) is 1. The fourth-order valence-corrected chi connectivity index (χ4v) is 2.03. The zero-order valence-corrected chi connectivity index (χ0v) is 9.53. The third-order valence-electron chi connectivity index (χ3n) is 2.22. The van der Waals surface area contributed by atoms with Gasteiger partial charge in [0.05, 0.1) is 16.7 Å². The van der Waals surface area contributed by atoms with Crippen molar-refractivity contribution in [3.05, 3.63) is 28.2 Å². The van der Waals surface area contributed by atoms with Gasteiger partial charge in [-0.2, -0.15) is 5.10 Å². The van der Waals surface area contributed by atoms with Gasteiger partial charge in [0.15, 0.2) is 0 Å². The van der Waals surface area contributed by atoms with Crippen LogP contribution in [-0.2, 0) is 13.5 Å². The second kappa shape index (κ2) is 4.08. The average molecular weight is 223 g/mol. The van der Waals surface area contributed by atoms with Gasteiger partial charge in [-0.05, 0) is 6.92 Å². The summed E-state index contributed by atoms with van der Waals surface area (Å²) in [6.07, 6.45) is 2.20. The first-order valence-corrected chi connectivity index (χ1v) is 5.55. The summed E-state index contributed by atoms with van der Waals surface area (Å²) in [6.45, 7) is 1.98. The topological polar surface area (TPSA) is 69.6 Å². The average Bonchev–Trinajstić information content (AvgIpc) is 2.77. The molecule has 1 atom stereocenters. The normalized spacial score (nSPS) is 13.0. The van der Waals surface area contributed by atoms with Gasteiger partial charge in [0.2, 0.25) is 0 Å². The number of rotatable bonds is 3. The first-order valence-electron chi connectivity index (χ1n) is 4.67. The van der Waals surface area contributed by atoms with Crippen LogP contribution in [0.1, 0.15) is 22.6 Å². The molecule has 0 aliphatic carbocycles. The molecule has 0 aromatic carbocycles. The molecule has 1 unspecified atom stereocenters. The van der Waals surface area contributed by atoms with Crippen molar-refractivity contribution in [3.63, 3.8) is 0 Å². The van der Waals surface area contributed by atoms with Gasteiger partial charge in [-0.3, -0.25) is 4.68 Å². The third-order valence-corrected chi connectivity index (χ3v) is 3.02. The van der Waals surface area contributed by atoms with Crippen LogP contribution in [0.5, 0.6) is 0 Å². The van der Waals surface area contributed by atoms with Gasteiger partial charge >= 0.3 is 0 Å². The Morgan fingerprint density at radius 1 is 1.60 bits per heavy atom. The maximum absolute atomic E-state index is 6.03. The van der Waals surface area contributed by atoms with E-state index < -0.39 is 0 Å². The molecule has 2 N–H and O–H groups in total. The minimum Gasteiger partial charge on any atom is -0.322 e. The lowest BCUT2D eigenvalue weighted by atomic mass is 10.1. The Morgan fingerprint density at radius 3 is 2.93 bits per heavy atom. The molecule has 0 radical (unpaired) electrons. The molecule has 2 rings (SSSR count). The molecular formula is C9H13N5S. The van der Waals surface area contributed by atoms with Gasteiger partial charge in [-0.15, -0.1) is 11.3 Å². The summed E-state index contributed by atoms with van der Waals surface area (Å²) in [5.41, 5.74) is 6.96. The number of aryl methyl sites for hydroxylation is 2. The number of thiazole rings is 1. The van der Waals surface area contributed by atoms with Crippen LogP contribution in [0.15, 0.2) is 11.7 Å². The number of hydrogen-bond donors (Lipinski definition) is 1. The van der Waals surface area contributed by atoms with E-state index in [1.54, 1.807) is 16.0 Å². The molecule has 5 nitrogen and oxygen atoms in total. The highest BCUT2D eigenvalue weighted by molar-refractivity contribution is 7.09. The molecule has 0 bridgehead atoms.